The van der Waals surface area contributed by atoms with E-state index in [9.17, 15) is 9.00 Å². The quantitative estimate of drug-likeness (QED) is 0.144. The second-order valence-corrected chi connectivity index (χ2v) is 20.5. The fourth-order valence-corrected chi connectivity index (χ4v) is 10.6. The summed E-state index contributed by atoms with van der Waals surface area (Å²) in [6.45, 7) is 32.4. The number of hydrogen-bond acceptors (Lipinski definition) is 5. The Balaban J connectivity index is 0.000000323. The molecule has 6 aliphatic rings. The summed E-state index contributed by atoms with van der Waals surface area (Å²) in [6.07, 6.45) is 18.9. The lowest BCUT2D eigenvalue weighted by Gasteiger charge is -2.48. The van der Waals surface area contributed by atoms with Gasteiger partial charge in [0.25, 0.3) is 0 Å². The Labute approximate surface area is 314 Å². The lowest BCUT2D eigenvalue weighted by Crippen LogP contribution is -2.53. The van der Waals surface area contributed by atoms with Crippen molar-refractivity contribution in [1.29, 1.82) is 0 Å². The Morgan fingerprint density at radius 2 is 1.59 bits per heavy atom. The van der Waals surface area contributed by atoms with Crippen molar-refractivity contribution < 1.29 is 9.00 Å². The van der Waals surface area contributed by atoms with E-state index in [0.717, 1.165) is 80.2 Å². The Hall–Kier alpha value is -2.22. The number of carbonyl (C=O) groups excluding carboxylic acids is 1. The molecule has 0 aromatic rings. The third-order valence-corrected chi connectivity index (χ3v) is 15.1. The molecule has 288 valence electrons. The van der Waals surface area contributed by atoms with Gasteiger partial charge in [-0.25, -0.2) is 4.21 Å². The zero-order valence-corrected chi connectivity index (χ0v) is 34.0. The van der Waals surface area contributed by atoms with Gasteiger partial charge in [0.05, 0.1) is 23.4 Å². The van der Waals surface area contributed by atoms with E-state index < -0.39 is 11.0 Å². The third-order valence-electron chi connectivity index (χ3n) is 13.6. The molecule has 5 saturated carbocycles. The molecule has 6 fully saturated rings. The first kappa shape index (κ1) is 40.0. The standard InChI is InChI=1S/C33H56N4O.C10H17NOS/c1-22(34)27-20-33(19-13-12-18-32(33,7)8)21-37(27)24(3)29(31(4,5)6)35-23(2)28(25-14-10-9-11-15-25)36-30(38)26-16-17-26;1-3-8-6-10(8)7(2)11-13(12)9-4-5-9/h25-29,35H,1-3,9-21,34H2,4-8H3,(H,36,38);8-11H,2-6H2,1H3/t27?,28?,29?,33-;8-,10?,13?/m01/s1. The maximum Gasteiger partial charge on any atom is 0.223 e. The number of carbonyl (C=O) groups is 1. The van der Waals surface area contributed by atoms with Crippen LogP contribution in [-0.4, -0.2) is 44.9 Å². The van der Waals surface area contributed by atoms with Crippen LogP contribution in [0.2, 0.25) is 0 Å². The molecule has 0 bridgehead atoms. The highest BCUT2D eigenvalue weighted by molar-refractivity contribution is 7.84. The minimum absolute atomic E-state index is 0.0254. The first-order valence-electron chi connectivity index (χ1n) is 20.5. The summed E-state index contributed by atoms with van der Waals surface area (Å²) in [5, 5.41) is 7.68. The molecular formula is C43H73N5O2S. The smallest absolute Gasteiger partial charge is 0.223 e. The van der Waals surface area contributed by atoms with Crippen molar-refractivity contribution in [1.82, 2.24) is 20.3 Å². The van der Waals surface area contributed by atoms with Crippen LogP contribution in [0.25, 0.3) is 0 Å². The van der Waals surface area contributed by atoms with E-state index in [1.54, 1.807) is 0 Å². The molecule has 5 aliphatic carbocycles. The molecule has 0 aromatic carbocycles. The van der Waals surface area contributed by atoms with Crippen LogP contribution >= 0.6 is 0 Å². The Bertz CT molecular complexity index is 1340. The molecular weight excluding hydrogens is 651 g/mol. The van der Waals surface area contributed by atoms with Crippen LogP contribution in [0.15, 0.2) is 49.1 Å². The summed E-state index contributed by atoms with van der Waals surface area (Å²) in [7, 11) is -0.838. The van der Waals surface area contributed by atoms with Gasteiger partial charge in [0.2, 0.25) is 5.91 Å². The van der Waals surface area contributed by atoms with Gasteiger partial charge in [-0.05, 0) is 92.3 Å². The molecule has 1 spiro atoms. The molecule has 1 aliphatic heterocycles. The van der Waals surface area contributed by atoms with Crippen LogP contribution in [0, 0.1) is 39.9 Å². The molecule has 1 saturated heterocycles. The van der Waals surface area contributed by atoms with E-state index in [2.05, 4.69) is 81.5 Å². The van der Waals surface area contributed by atoms with Crippen molar-refractivity contribution in [2.45, 2.75) is 168 Å². The lowest BCUT2D eigenvalue weighted by molar-refractivity contribution is -0.123. The molecule has 5 N–H and O–H groups in total. The van der Waals surface area contributed by atoms with Gasteiger partial charge in [-0.3, -0.25) is 4.79 Å². The average molecular weight is 724 g/mol. The predicted octanol–water partition coefficient (Wildman–Crippen LogP) is 8.59. The van der Waals surface area contributed by atoms with Crippen LogP contribution in [0.3, 0.4) is 0 Å². The molecule has 8 heteroatoms. The monoisotopic (exact) mass is 724 g/mol. The second kappa shape index (κ2) is 16.0. The Morgan fingerprint density at radius 3 is 2.12 bits per heavy atom. The van der Waals surface area contributed by atoms with E-state index in [-0.39, 0.29) is 46.2 Å². The topological polar surface area (TPSA) is 99.5 Å². The number of nitrogens with two attached hydrogens (primary N) is 1. The van der Waals surface area contributed by atoms with Gasteiger partial charge in [0.1, 0.15) is 11.0 Å². The van der Waals surface area contributed by atoms with Crippen LogP contribution in [0.4, 0.5) is 0 Å². The molecule has 1 heterocycles. The highest BCUT2D eigenvalue weighted by Gasteiger charge is 2.55. The summed E-state index contributed by atoms with van der Waals surface area (Å²) in [4.78, 5) is 15.4. The highest BCUT2D eigenvalue weighted by Crippen LogP contribution is 2.58. The zero-order valence-electron chi connectivity index (χ0n) is 33.2. The highest BCUT2D eigenvalue weighted by atomic mass is 32.2. The number of nitrogens with zero attached hydrogens (tertiary/aromatic N) is 1. The maximum atomic E-state index is 12.9. The fourth-order valence-electron chi connectivity index (χ4n) is 9.43. The van der Waals surface area contributed by atoms with E-state index in [0.29, 0.717) is 17.1 Å². The first-order chi connectivity index (χ1) is 24.0. The number of likely N-dealkylation sites (tertiary alicyclic amines) is 1. The third kappa shape index (κ3) is 9.67. The van der Waals surface area contributed by atoms with Gasteiger partial charge in [0.15, 0.2) is 0 Å². The SMILES string of the molecule is C=C(NC(C(=C)N1C[C@]2(CCCCC2(C)C)CC1C(=C)N)C(C)(C)C)C(NC(=O)C1CC1)C1CCCCC1.C=C(NS(=O)C1CC1)C1C[C@H]1CC. The molecule has 7 atom stereocenters. The molecule has 51 heavy (non-hydrogen) atoms. The summed E-state index contributed by atoms with van der Waals surface area (Å²) < 4.78 is 14.5. The van der Waals surface area contributed by atoms with Gasteiger partial charge in [-0.15, -0.1) is 0 Å². The van der Waals surface area contributed by atoms with Crippen molar-refractivity contribution in [3.8, 4) is 0 Å². The van der Waals surface area contributed by atoms with E-state index in [4.69, 9.17) is 12.3 Å². The first-order valence-corrected chi connectivity index (χ1v) is 21.7. The van der Waals surface area contributed by atoms with Crippen molar-refractivity contribution in [2.24, 2.45) is 45.7 Å². The average Bonchev–Trinajstić information content (AvgIpc) is 3.94. The number of rotatable bonds is 14. The fraction of sp³-hybridized carbons (Fsp3) is 0.791. The van der Waals surface area contributed by atoms with Gasteiger partial charge >= 0.3 is 0 Å². The van der Waals surface area contributed by atoms with Gasteiger partial charge in [-0.1, -0.05) is 106 Å². The number of allylic oxidation sites excluding steroid dienone is 1. The normalized spacial score (nSPS) is 30.6. The summed E-state index contributed by atoms with van der Waals surface area (Å²) in [5.41, 5.74) is 10.6. The number of hydrogen-bond donors (Lipinski definition) is 4. The van der Waals surface area contributed by atoms with Gasteiger partial charge in [-0.2, -0.15) is 0 Å². The second-order valence-electron chi connectivity index (χ2n) is 19.0. The largest absolute Gasteiger partial charge is 0.401 e. The van der Waals surface area contributed by atoms with Crippen LogP contribution < -0.4 is 21.1 Å². The van der Waals surface area contributed by atoms with Crippen molar-refractivity contribution in [2.75, 3.05) is 6.54 Å². The van der Waals surface area contributed by atoms with Crippen molar-refractivity contribution >= 4 is 16.9 Å². The zero-order chi connectivity index (χ0) is 37.3. The molecule has 5 unspecified atom stereocenters. The minimum Gasteiger partial charge on any atom is -0.401 e. The maximum absolute atomic E-state index is 12.9. The predicted molar refractivity (Wildman–Crippen MR) is 214 cm³/mol. The molecule has 1 amide bonds. The van der Waals surface area contributed by atoms with E-state index >= 15 is 0 Å². The summed E-state index contributed by atoms with van der Waals surface area (Å²) >= 11 is 0. The Kier molecular flexibility index (Phi) is 12.6. The Morgan fingerprint density at radius 1 is 0.941 bits per heavy atom. The molecule has 6 rings (SSSR count). The van der Waals surface area contributed by atoms with E-state index in [1.807, 2.05) is 0 Å². The van der Waals surface area contributed by atoms with Crippen LogP contribution in [-0.2, 0) is 15.8 Å². The minimum atomic E-state index is -0.838. The summed E-state index contributed by atoms with van der Waals surface area (Å²) in [6, 6.07) is 0.0367. The van der Waals surface area contributed by atoms with Crippen molar-refractivity contribution in [3.63, 3.8) is 0 Å². The van der Waals surface area contributed by atoms with Crippen LogP contribution in [0.1, 0.15) is 144 Å². The van der Waals surface area contributed by atoms with E-state index in [1.165, 1.54) is 57.8 Å². The van der Waals surface area contributed by atoms with Crippen molar-refractivity contribution in [3.05, 3.63) is 49.1 Å². The lowest BCUT2D eigenvalue weighted by atomic mass is 9.57. The van der Waals surface area contributed by atoms with Gasteiger partial charge in [0, 0.05) is 41.2 Å². The number of amides is 1. The van der Waals surface area contributed by atoms with Crippen LogP contribution in [0.5, 0.6) is 0 Å². The van der Waals surface area contributed by atoms with Gasteiger partial charge < -0.3 is 26.0 Å². The number of nitrogens with one attached hydrogen (secondary N) is 3. The molecule has 0 aromatic heterocycles. The molecule has 7 nitrogen and oxygen atoms in total. The molecule has 0 radical (unpaired) electrons. The summed E-state index contributed by atoms with van der Waals surface area (Å²) in [5.74, 6) is 2.24.